The number of aliphatic hydroxyl groups is 1. The fourth-order valence-electron chi connectivity index (χ4n) is 1.64. The van der Waals surface area contributed by atoms with Crippen LogP contribution in [0.2, 0.25) is 10.0 Å². The first-order chi connectivity index (χ1) is 9.16. The first-order valence-electron chi connectivity index (χ1n) is 5.77. The van der Waals surface area contributed by atoms with Gasteiger partial charge < -0.3 is 10.4 Å². The Morgan fingerprint density at radius 2 is 2.11 bits per heavy atom. The van der Waals surface area contributed by atoms with Crippen LogP contribution in [0.4, 0.5) is 0 Å². The van der Waals surface area contributed by atoms with E-state index in [1.807, 2.05) is 12.1 Å². The zero-order chi connectivity index (χ0) is 13.7. The lowest BCUT2D eigenvalue weighted by molar-refractivity contribution is 0.174. The molecule has 6 heteroatoms. The number of nitrogens with zero attached hydrogens (tertiary/aromatic N) is 2. The minimum absolute atomic E-state index is 0.358. The molecule has 0 saturated heterocycles. The molecular weight excluding hydrogens is 285 g/mol. The highest BCUT2D eigenvalue weighted by molar-refractivity contribution is 6.33. The summed E-state index contributed by atoms with van der Waals surface area (Å²) in [6.07, 6.45) is 0.896. The quantitative estimate of drug-likeness (QED) is 0.891. The summed E-state index contributed by atoms with van der Waals surface area (Å²) < 4.78 is 0. The van der Waals surface area contributed by atoms with Crippen molar-refractivity contribution in [2.24, 2.45) is 0 Å². The molecule has 0 radical (unpaired) electrons. The Balaban J connectivity index is 1.91. The summed E-state index contributed by atoms with van der Waals surface area (Å²) in [4.78, 5) is 0. The number of benzene rings is 1. The van der Waals surface area contributed by atoms with Crippen molar-refractivity contribution in [2.45, 2.75) is 12.6 Å². The van der Waals surface area contributed by atoms with Crippen LogP contribution in [0.1, 0.15) is 17.4 Å². The number of halogens is 2. The minimum Gasteiger partial charge on any atom is -0.387 e. The van der Waals surface area contributed by atoms with Crippen LogP contribution in [-0.4, -0.2) is 21.8 Å². The smallest absolute Gasteiger partial charge is 0.0929 e. The molecule has 0 amide bonds. The Labute approximate surface area is 121 Å². The van der Waals surface area contributed by atoms with Gasteiger partial charge in [-0.3, -0.25) is 0 Å². The maximum atomic E-state index is 10.1. The number of hydrogen-bond donors (Lipinski definition) is 2. The standard InChI is InChI=1S/C13H13Cl2N3O/c14-9-3-4-12(15)11(6-9)13(19)8-16-7-10-2-1-5-17-18-10/h1-6,13,16,19H,7-8H2. The van der Waals surface area contributed by atoms with Gasteiger partial charge in [-0.05, 0) is 30.3 Å². The van der Waals surface area contributed by atoms with Gasteiger partial charge in [0.1, 0.15) is 0 Å². The summed E-state index contributed by atoms with van der Waals surface area (Å²) in [6, 6.07) is 8.70. The van der Waals surface area contributed by atoms with Crippen molar-refractivity contribution < 1.29 is 5.11 Å². The summed E-state index contributed by atoms with van der Waals surface area (Å²) in [5, 5.41) is 21.9. The topological polar surface area (TPSA) is 58.0 Å². The monoisotopic (exact) mass is 297 g/mol. The van der Waals surface area contributed by atoms with Gasteiger partial charge in [0.25, 0.3) is 0 Å². The average Bonchev–Trinajstić information content (AvgIpc) is 2.42. The Bertz CT molecular complexity index is 537. The van der Waals surface area contributed by atoms with Crippen molar-refractivity contribution >= 4 is 23.2 Å². The average molecular weight is 298 g/mol. The first-order valence-corrected chi connectivity index (χ1v) is 6.52. The van der Waals surface area contributed by atoms with Gasteiger partial charge in [-0.15, -0.1) is 0 Å². The second-order valence-electron chi connectivity index (χ2n) is 4.03. The predicted molar refractivity (Wildman–Crippen MR) is 75.2 cm³/mol. The largest absolute Gasteiger partial charge is 0.387 e. The highest BCUT2D eigenvalue weighted by Gasteiger charge is 2.11. The molecule has 0 saturated carbocycles. The van der Waals surface area contributed by atoms with Gasteiger partial charge in [-0.25, -0.2) is 0 Å². The molecule has 0 bridgehead atoms. The van der Waals surface area contributed by atoms with Crippen molar-refractivity contribution in [2.75, 3.05) is 6.54 Å². The Morgan fingerprint density at radius 3 is 2.84 bits per heavy atom. The Morgan fingerprint density at radius 1 is 1.26 bits per heavy atom. The maximum Gasteiger partial charge on any atom is 0.0929 e. The first kappa shape index (κ1) is 14.2. The van der Waals surface area contributed by atoms with Crippen LogP contribution >= 0.6 is 23.2 Å². The predicted octanol–water partition coefficient (Wildman–Crippen LogP) is 2.61. The van der Waals surface area contributed by atoms with Crippen molar-refractivity contribution in [3.8, 4) is 0 Å². The molecule has 2 N–H and O–H groups in total. The van der Waals surface area contributed by atoms with E-state index in [-0.39, 0.29) is 0 Å². The molecule has 1 heterocycles. The number of hydrogen-bond acceptors (Lipinski definition) is 4. The molecule has 1 unspecified atom stereocenters. The van der Waals surface area contributed by atoms with Gasteiger partial charge in [0, 0.05) is 34.9 Å². The Kier molecular flexibility index (Phi) is 5.10. The second-order valence-corrected chi connectivity index (χ2v) is 4.87. The third-order valence-electron chi connectivity index (χ3n) is 2.59. The van der Waals surface area contributed by atoms with Gasteiger partial charge >= 0.3 is 0 Å². The molecule has 100 valence electrons. The SMILES string of the molecule is OC(CNCc1cccnn1)c1cc(Cl)ccc1Cl. The van der Waals surface area contributed by atoms with Crippen molar-refractivity contribution in [3.63, 3.8) is 0 Å². The highest BCUT2D eigenvalue weighted by Crippen LogP contribution is 2.25. The number of rotatable bonds is 5. The van der Waals surface area contributed by atoms with Crippen LogP contribution in [0, 0.1) is 0 Å². The van der Waals surface area contributed by atoms with Crippen LogP contribution in [0.5, 0.6) is 0 Å². The van der Waals surface area contributed by atoms with E-state index in [1.165, 1.54) is 0 Å². The summed E-state index contributed by atoms with van der Waals surface area (Å²) >= 11 is 11.9. The van der Waals surface area contributed by atoms with E-state index < -0.39 is 6.10 Å². The van der Waals surface area contributed by atoms with E-state index in [4.69, 9.17) is 23.2 Å². The zero-order valence-electron chi connectivity index (χ0n) is 10.1. The molecule has 2 aromatic rings. The molecule has 0 aliphatic carbocycles. The normalized spacial score (nSPS) is 12.4. The lowest BCUT2D eigenvalue weighted by Gasteiger charge is -2.13. The second kappa shape index (κ2) is 6.82. The van der Waals surface area contributed by atoms with Crippen molar-refractivity contribution in [3.05, 3.63) is 57.8 Å². The van der Waals surface area contributed by atoms with E-state index in [0.717, 1.165) is 5.69 Å². The third kappa shape index (κ3) is 4.14. The molecule has 0 fully saturated rings. The zero-order valence-corrected chi connectivity index (χ0v) is 11.6. The molecule has 1 aromatic heterocycles. The summed E-state index contributed by atoms with van der Waals surface area (Å²) in [5.74, 6) is 0. The molecule has 1 aromatic carbocycles. The van der Waals surface area contributed by atoms with Gasteiger partial charge in [0.05, 0.1) is 11.8 Å². The van der Waals surface area contributed by atoms with E-state index in [2.05, 4.69) is 15.5 Å². The number of aliphatic hydroxyl groups excluding tert-OH is 1. The number of aromatic nitrogens is 2. The van der Waals surface area contributed by atoms with Gasteiger partial charge in [-0.1, -0.05) is 23.2 Å². The van der Waals surface area contributed by atoms with Crippen LogP contribution in [-0.2, 0) is 6.54 Å². The van der Waals surface area contributed by atoms with Crippen LogP contribution < -0.4 is 5.32 Å². The fourth-order valence-corrected chi connectivity index (χ4v) is 2.07. The van der Waals surface area contributed by atoms with Crippen LogP contribution in [0.3, 0.4) is 0 Å². The van der Waals surface area contributed by atoms with Gasteiger partial charge in [0.15, 0.2) is 0 Å². The summed E-state index contributed by atoms with van der Waals surface area (Å²) in [6.45, 7) is 0.889. The highest BCUT2D eigenvalue weighted by atomic mass is 35.5. The number of nitrogens with one attached hydrogen (secondary N) is 1. The lowest BCUT2D eigenvalue weighted by atomic mass is 10.1. The van der Waals surface area contributed by atoms with E-state index >= 15 is 0 Å². The summed E-state index contributed by atoms with van der Waals surface area (Å²) in [5.41, 5.74) is 1.42. The third-order valence-corrected chi connectivity index (χ3v) is 3.17. The molecule has 0 aliphatic heterocycles. The molecule has 19 heavy (non-hydrogen) atoms. The summed E-state index contributed by atoms with van der Waals surface area (Å²) in [7, 11) is 0. The van der Waals surface area contributed by atoms with Crippen molar-refractivity contribution in [1.29, 1.82) is 0 Å². The van der Waals surface area contributed by atoms with Crippen LogP contribution in [0.15, 0.2) is 36.5 Å². The fraction of sp³-hybridized carbons (Fsp3) is 0.231. The van der Waals surface area contributed by atoms with E-state index in [0.29, 0.717) is 28.7 Å². The maximum absolute atomic E-state index is 10.1. The molecule has 0 spiro atoms. The lowest BCUT2D eigenvalue weighted by Crippen LogP contribution is -2.21. The minimum atomic E-state index is -0.720. The molecule has 2 rings (SSSR count). The van der Waals surface area contributed by atoms with Gasteiger partial charge in [0.2, 0.25) is 0 Å². The van der Waals surface area contributed by atoms with E-state index in [9.17, 15) is 5.11 Å². The van der Waals surface area contributed by atoms with Crippen molar-refractivity contribution in [1.82, 2.24) is 15.5 Å². The van der Waals surface area contributed by atoms with E-state index in [1.54, 1.807) is 24.4 Å². The Hall–Kier alpha value is -1.20. The molecule has 0 aliphatic rings. The molecule has 1 atom stereocenters. The van der Waals surface area contributed by atoms with Gasteiger partial charge in [-0.2, -0.15) is 10.2 Å². The molecular formula is C13H13Cl2N3O. The molecule has 4 nitrogen and oxygen atoms in total. The van der Waals surface area contributed by atoms with Crippen LogP contribution in [0.25, 0.3) is 0 Å².